The van der Waals surface area contributed by atoms with Gasteiger partial charge in [0.25, 0.3) is 0 Å². The summed E-state index contributed by atoms with van der Waals surface area (Å²) in [5.74, 6) is -0.543. The van der Waals surface area contributed by atoms with Crippen LogP contribution in [0.3, 0.4) is 0 Å². The number of aromatic nitrogens is 2. The summed E-state index contributed by atoms with van der Waals surface area (Å²) in [5.41, 5.74) is 5.55. The zero-order valence-corrected chi connectivity index (χ0v) is 25.4. The summed E-state index contributed by atoms with van der Waals surface area (Å²) in [6.07, 6.45) is 8.64. The van der Waals surface area contributed by atoms with Crippen molar-refractivity contribution in [3.63, 3.8) is 0 Å². The van der Waals surface area contributed by atoms with Gasteiger partial charge in [-0.2, -0.15) is 0 Å². The number of likely N-dealkylation sites (tertiary alicyclic amines) is 1. The van der Waals surface area contributed by atoms with Crippen molar-refractivity contribution in [3.05, 3.63) is 124 Å². The molecule has 5 rings (SSSR count). The first kappa shape index (κ1) is 31.2. The van der Waals surface area contributed by atoms with Gasteiger partial charge in [0.2, 0.25) is 5.91 Å². The van der Waals surface area contributed by atoms with Crippen LogP contribution in [0.15, 0.2) is 90.9 Å². The van der Waals surface area contributed by atoms with Crippen LogP contribution in [0.25, 0.3) is 17.8 Å². The zero-order chi connectivity index (χ0) is 32.1. The van der Waals surface area contributed by atoms with Gasteiger partial charge in [-0.25, -0.2) is 9.78 Å². The second-order valence-corrected chi connectivity index (χ2v) is 11.2. The van der Waals surface area contributed by atoms with E-state index in [0.717, 1.165) is 28.6 Å². The fourth-order valence-corrected chi connectivity index (χ4v) is 5.59. The Morgan fingerprint density at radius 3 is 2.31 bits per heavy atom. The Hall–Kier alpha value is -5.28. The Kier molecular flexibility index (Phi) is 9.39. The van der Waals surface area contributed by atoms with Crippen molar-refractivity contribution < 1.29 is 29.3 Å². The van der Waals surface area contributed by atoms with Gasteiger partial charge in [-0.3, -0.25) is 9.59 Å². The molecule has 0 aliphatic carbocycles. The second kappa shape index (κ2) is 13.6. The SMILES string of the molecule is COc1cc(/C=C2\C[C@H](C)CN([C@@H](CO)c3ccc(C(=O)c4ccc(/C=C/C(=O)O)cc4)cc3)C2=O)ccc1-n1cnc(C)c1. The van der Waals surface area contributed by atoms with Crippen molar-refractivity contribution in [1.29, 1.82) is 0 Å². The highest BCUT2D eigenvalue weighted by molar-refractivity contribution is 6.09. The summed E-state index contributed by atoms with van der Waals surface area (Å²) < 4.78 is 7.54. The van der Waals surface area contributed by atoms with Gasteiger partial charge < -0.3 is 24.4 Å². The Morgan fingerprint density at radius 2 is 1.71 bits per heavy atom. The van der Waals surface area contributed by atoms with E-state index in [4.69, 9.17) is 9.84 Å². The molecule has 4 aromatic rings. The van der Waals surface area contributed by atoms with E-state index in [0.29, 0.717) is 41.0 Å². The summed E-state index contributed by atoms with van der Waals surface area (Å²) in [7, 11) is 1.61. The molecule has 0 spiro atoms. The number of methoxy groups -OCH3 is 1. The van der Waals surface area contributed by atoms with Crippen molar-refractivity contribution in [1.82, 2.24) is 14.5 Å². The molecule has 1 amide bonds. The average molecular weight is 606 g/mol. The van der Waals surface area contributed by atoms with Crippen LogP contribution in [0.2, 0.25) is 0 Å². The lowest BCUT2D eigenvalue weighted by molar-refractivity contribution is -0.133. The van der Waals surface area contributed by atoms with Crippen LogP contribution < -0.4 is 4.74 Å². The highest BCUT2D eigenvalue weighted by Gasteiger charge is 2.33. The molecule has 230 valence electrons. The average Bonchev–Trinajstić information content (AvgIpc) is 3.48. The molecular weight excluding hydrogens is 570 g/mol. The molecule has 1 fully saturated rings. The lowest BCUT2D eigenvalue weighted by atomic mass is 9.90. The maximum absolute atomic E-state index is 13.8. The first-order valence-corrected chi connectivity index (χ1v) is 14.6. The fourth-order valence-electron chi connectivity index (χ4n) is 5.59. The first-order chi connectivity index (χ1) is 21.7. The van der Waals surface area contributed by atoms with Crippen molar-refractivity contribution >= 4 is 29.8 Å². The summed E-state index contributed by atoms with van der Waals surface area (Å²) in [6, 6.07) is 18.8. The summed E-state index contributed by atoms with van der Waals surface area (Å²) in [4.78, 5) is 43.6. The highest BCUT2D eigenvalue weighted by atomic mass is 16.5. The van der Waals surface area contributed by atoms with Crippen LogP contribution in [0, 0.1) is 12.8 Å². The number of carboxylic acids is 1. The molecule has 1 aromatic heterocycles. The summed E-state index contributed by atoms with van der Waals surface area (Å²) >= 11 is 0. The number of amides is 1. The molecular formula is C36H35N3O6. The number of rotatable bonds is 10. The number of hydrogen-bond acceptors (Lipinski definition) is 6. The molecule has 0 radical (unpaired) electrons. The number of imidazole rings is 1. The van der Waals surface area contributed by atoms with E-state index in [9.17, 15) is 19.5 Å². The summed E-state index contributed by atoms with van der Waals surface area (Å²) in [6.45, 7) is 4.23. The molecule has 0 saturated carbocycles. The van der Waals surface area contributed by atoms with Gasteiger partial charge in [-0.05, 0) is 60.2 Å². The number of aliphatic hydroxyl groups excluding tert-OH is 1. The number of aliphatic carboxylic acids is 1. The standard InChI is InChI=1S/C36H35N3O6/c1-23-16-30(17-26-6-14-31(33(18-26)45-3)38-20-24(2)37-22-38)36(44)39(19-23)32(21-40)27-10-12-29(13-11-27)35(43)28-8-4-25(5-9-28)7-15-34(41)42/h4-15,17-18,20,22-23,32,40H,16,19,21H2,1-3H3,(H,41,42)/b15-7+,30-17+/t23-,32-/m0/s1. The molecule has 2 heterocycles. The number of carbonyl (C=O) groups is 3. The molecule has 1 aliphatic rings. The molecule has 2 atom stereocenters. The van der Waals surface area contributed by atoms with Gasteiger partial charge in [-0.15, -0.1) is 0 Å². The lowest BCUT2D eigenvalue weighted by Crippen LogP contribution is -2.44. The van der Waals surface area contributed by atoms with Crippen molar-refractivity contribution in [2.75, 3.05) is 20.3 Å². The molecule has 2 N–H and O–H groups in total. The van der Waals surface area contributed by atoms with E-state index >= 15 is 0 Å². The van der Waals surface area contributed by atoms with Crippen LogP contribution in [0.5, 0.6) is 5.75 Å². The lowest BCUT2D eigenvalue weighted by Gasteiger charge is -2.38. The minimum absolute atomic E-state index is 0.141. The Bertz CT molecular complexity index is 1770. The molecule has 0 unspecified atom stereocenters. The number of aliphatic hydroxyl groups is 1. The Balaban J connectivity index is 1.34. The number of ether oxygens (including phenoxy) is 1. The zero-order valence-electron chi connectivity index (χ0n) is 25.4. The number of carboxylic acid groups (broad SMARTS) is 1. The molecule has 9 heteroatoms. The van der Waals surface area contributed by atoms with Crippen LogP contribution in [0.1, 0.15) is 57.7 Å². The largest absolute Gasteiger partial charge is 0.495 e. The third-order valence-corrected chi connectivity index (χ3v) is 7.84. The van der Waals surface area contributed by atoms with Crippen molar-refractivity contribution in [2.24, 2.45) is 5.92 Å². The van der Waals surface area contributed by atoms with Crippen molar-refractivity contribution in [3.8, 4) is 11.4 Å². The van der Waals surface area contributed by atoms with E-state index in [1.165, 1.54) is 6.08 Å². The number of nitrogens with zero attached hydrogens (tertiary/aromatic N) is 3. The van der Waals surface area contributed by atoms with Crippen LogP contribution in [-0.2, 0) is 9.59 Å². The van der Waals surface area contributed by atoms with Gasteiger partial charge in [0.15, 0.2) is 5.78 Å². The van der Waals surface area contributed by atoms with Gasteiger partial charge in [0.1, 0.15) is 5.75 Å². The maximum Gasteiger partial charge on any atom is 0.328 e. The van der Waals surface area contributed by atoms with E-state index in [2.05, 4.69) is 11.9 Å². The van der Waals surface area contributed by atoms with Gasteiger partial charge in [-0.1, -0.05) is 61.5 Å². The number of piperidine rings is 1. The highest BCUT2D eigenvalue weighted by Crippen LogP contribution is 2.33. The minimum atomic E-state index is -1.04. The van der Waals surface area contributed by atoms with Crippen LogP contribution >= 0.6 is 0 Å². The monoisotopic (exact) mass is 605 g/mol. The molecule has 45 heavy (non-hydrogen) atoms. The Labute approximate surface area is 261 Å². The second-order valence-electron chi connectivity index (χ2n) is 11.2. The topological polar surface area (TPSA) is 122 Å². The minimum Gasteiger partial charge on any atom is -0.495 e. The number of hydrogen-bond donors (Lipinski definition) is 2. The third kappa shape index (κ3) is 7.11. The summed E-state index contributed by atoms with van der Waals surface area (Å²) in [5, 5.41) is 19.2. The molecule has 3 aromatic carbocycles. The van der Waals surface area contributed by atoms with Crippen LogP contribution in [0.4, 0.5) is 0 Å². The third-order valence-electron chi connectivity index (χ3n) is 7.84. The quantitative estimate of drug-likeness (QED) is 0.181. The Morgan fingerprint density at radius 1 is 1.04 bits per heavy atom. The van der Waals surface area contributed by atoms with E-state index in [-0.39, 0.29) is 24.2 Å². The fraction of sp³-hybridized carbons (Fsp3) is 0.222. The molecule has 1 saturated heterocycles. The van der Waals surface area contributed by atoms with Gasteiger partial charge in [0, 0.05) is 35.5 Å². The van der Waals surface area contributed by atoms with Gasteiger partial charge >= 0.3 is 5.97 Å². The predicted molar refractivity (Wildman–Crippen MR) is 171 cm³/mol. The van der Waals surface area contributed by atoms with E-state index in [1.54, 1.807) is 66.9 Å². The van der Waals surface area contributed by atoms with Crippen LogP contribution in [-0.4, -0.2) is 62.6 Å². The maximum atomic E-state index is 13.8. The molecule has 1 aliphatic heterocycles. The number of carbonyl (C=O) groups excluding carboxylic acids is 2. The molecule has 0 bridgehead atoms. The number of benzene rings is 3. The number of aryl methyl sites for hydroxylation is 1. The predicted octanol–water partition coefficient (Wildman–Crippen LogP) is 5.50. The molecule has 9 nitrogen and oxygen atoms in total. The first-order valence-electron chi connectivity index (χ1n) is 14.6. The van der Waals surface area contributed by atoms with Gasteiger partial charge in [0.05, 0.1) is 37.5 Å². The smallest absolute Gasteiger partial charge is 0.328 e. The van der Waals surface area contributed by atoms with E-state index < -0.39 is 12.0 Å². The van der Waals surface area contributed by atoms with E-state index in [1.807, 2.05) is 42.0 Å². The normalized spacial score (nSPS) is 16.7. The number of ketones is 1. The van der Waals surface area contributed by atoms with Crippen molar-refractivity contribution in [2.45, 2.75) is 26.3 Å².